The van der Waals surface area contributed by atoms with Gasteiger partial charge in [-0.2, -0.15) is 0 Å². The molecule has 1 fully saturated rings. The number of Topliss-reactive ketones (excluding diaryl/α,β-unsaturated/α-hetero) is 1. The molecule has 1 aromatic carbocycles. The fraction of sp³-hybridized carbons (Fsp3) is 0.533. The number of carbonyl (C=O) groups excluding carboxylic acids is 1. The van der Waals surface area contributed by atoms with Crippen LogP contribution in [-0.2, 0) is 11.3 Å². The summed E-state index contributed by atoms with van der Waals surface area (Å²) in [5.41, 5.74) is 1.24. The van der Waals surface area contributed by atoms with E-state index in [0.29, 0.717) is 5.78 Å². The fourth-order valence-corrected chi connectivity index (χ4v) is 2.93. The number of nitrogens with zero attached hydrogens (tertiary/aromatic N) is 1. The maximum atomic E-state index is 11.7. The number of ketones is 1. The Morgan fingerprint density at radius 3 is 3.06 bits per heavy atom. The summed E-state index contributed by atoms with van der Waals surface area (Å²) in [4.78, 5) is 14.1. The number of rotatable bonds is 2. The Hall–Kier alpha value is -1.35. The van der Waals surface area contributed by atoms with Crippen molar-refractivity contribution in [3.05, 3.63) is 29.8 Å². The predicted molar refractivity (Wildman–Crippen MR) is 69.6 cm³/mol. The summed E-state index contributed by atoms with van der Waals surface area (Å²) in [6.45, 7) is 3.44. The Kier molecular flexibility index (Phi) is 3.33. The molecule has 0 saturated heterocycles. The van der Waals surface area contributed by atoms with Crippen LogP contribution in [0.3, 0.4) is 0 Å². The first kappa shape index (κ1) is 11.7. The van der Waals surface area contributed by atoms with Crippen molar-refractivity contribution in [1.29, 1.82) is 0 Å². The zero-order valence-corrected chi connectivity index (χ0v) is 10.6. The van der Waals surface area contributed by atoms with E-state index in [-0.39, 0.29) is 5.92 Å². The molecule has 0 amide bonds. The molecule has 1 aliphatic carbocycles. The fourth-order valence-electron chi connectivity index (χ4n) is 2.93. The molecule has 2 aliphatic rings. The van der Waals surface area contributed by atoms with Crippen LogP contribution in [0.4, 0.5) is 0 Å². The van der Waals surface area contributed by atoms with Gasteiger partial charge in [0.05, 0.1) is 0 Å². The van der Waals surface area contributed by atoms with E-state index in [0.717, 1.165) is 51.3 Å². The van der Waals surface area contributed by atoms with Gasteiger partial charge >= 0.3 is 0 Å². The molecule has 1 aromatic rings. The molecular weight excluding hydrogens is 226 g/mol. The lowest BCUT2D eigenvalue weighted by atomic mass is 10.1. The molecule has 0 N–H and O–H groups in total. The molecule has 96 valence electrons. The van der Waals surface area contributed by atoms with E-state index in [1.807, 2.05) is 18.2 Å². The number of hydrogen-bond acceptors (Lipinski definition) is 3. The molecule has 0 bridgehead atoms. The minimum atomic E-state index is 0.260. The number of hydrogen-bond donors (Lipinski definition) is 0. The van der Waals surface area contributed by atoms with Crippen LogP contribution >= 0.6 is 0 Å². The Balaban J connectivity index is 1.69. The summed E-state index contributed by atoms with van der Waals surface area (Å²) in [7, 11) is 0. The first-order chi connectivity index (χ1) is 8.83. The summed E-state index contributed by atoms with van der Waals surface area (Å²) in [6.07, 6.45) is 2.92. The first-order valence-corrected chi connectivity index (χ1v) is 6.79. The van der Waals surface area contributed by atoms with Gasteiger partial charge in [-0.05, 0) is 18.9 Å². The van der Waals surface area contributed by atoms with Gasteiger partial charge in [-0.1, -0.05) is 18.2 Å². The summed E-state index contributed by atoms with van der Waals surface area (Å²) >= 11 is 0. The largest absolute Gasteiger partial charge is 0.492 e. The highest BCUT2D eigenvalue weighted by atomic mass is 16.5. The molecule has 1 saturated carbocycles. The molecule has 0 radical (unpaired) electrons. The van der Waals surface area contributed by atoms with Crippen molar-refractivity contribution in [2.24, 2.45) is 5.92 Å². The Bertz CT molecular complexity index is 444. The van der Waals surface area contributed by atoms with E-state index >= 15 is 0 Å². The Labute approximate surface area is 108 Å². The second-order valence-corrected chi connectivity index (χ2v) is 5.25. The van der Waals surface area contributed by atoms with Crippen LogP contribution in [0.15, 0.2) is 24.3 Å². The Morgan fingerprint density at radius 1 is 1.33 bits per heavy atom. The highest BCUT2D eigenvalue weighted by molar-refractivity contribution is 5.83. The average Bonchev–Trinajstić information content (AvgIpc) is 2.66. The minimum absolute atomic E-state index is 0.260. The van der Waals surface area contributed by atoms with Gasteiger partial charge in [0.15, 0.2) is 0 Å². The third-order valence-electron chi connectivity index (χ3n) is 3.94. The molecule has 0 aromatic heterocycles. The van der Waals surface area contributed by atoms with Crippen molar-refractivity contribution in [1.82, 2.24) is 4.90 Å². The molecule has 1 heterocycles. The van der Waals surface area contributed by atoms with E-state index in [4.69, 9.17) is 4.74 Å². The molecule has 3 rings (SSSR count). The first-order valence-electron chi connectivity index (χ1n) is 6.79. The predicted octanol–water partition coefficient (Wildman–Crippen LogP) is 2.25. The van der Waals surface area contributed by atoms with Crippen LogP contribution in [0.1, 0.15) is 24.8 Å². The quantitative estimate of drug-likeness (QED) is 0.800. The smallest absolute Gasteiger partial charge is 0.137 e. The van der Waals surface area contributed by atoms with Crippen LogP contribution < -0.4 is 4.74 Å². The van der Waals surface area contributed by atoms with Crippen LogP contribution in [0.5, 0.6) is 5.75 Å². The normalized spacial score (nSPS) is 24.4. The van der Waals surface area contributed by atoms with Crippen LogP contribution in [0.2, 0.25) is 0 Å². The third-order valence-corrected chi connectivity index (χ3v) is 3.94. The molecular formula is C15H19NO2. The Morgan fingerprint density at radius 2 is 2.22 bits per heavy atom. The zero-order chi connectivity index (χ0) is 12.4. The van der Waals surface area contributed by atoms with Crippen molar-refractivity contribution >= 4 is 5.78 Å². The molecule has 3 nitrogen and oxygen atoms in total. The maximum Gasteiger partial charge on any atom is 0.137 e. The molecule has 0 spiro atoms. The lowest BCUT2D eigenvalue weighted by molar-refractivity contribution is -0.121. The summed E-state index contributed by atoms with van der Waals surface area (Å²) in [6, 6.07) is 8.20. The second kappa shape index (κ2) is 5.11. The van der Waals surface area contributed by atoms with E-state index in [1.165, 1.54) is 5.56 Å². The highest BCUT2D eigenvalue weighted by Crippen LogP contribution is 2.26. The summed E-state index contributed by atoms with van der Waals surface area (Å²) in [5.74, 6) is 1.71. The number of fused-ring (bicyclic) bond motifs is 1. The number of carbonyl (C=O) groups is 1. The standard InChI is InChI=1S/C15H19NO2/c17-14-6-3-5-12(14)10-16-8-9-18-15-7-2-1-4-13(15)11-16/h1-2,4,7,12H,3,5-6,8-11H2. The van der Waals surface area contributed by atoms with Gasteiger partial charge in [0.25, 0.3) is 0 Å². The van der Waals surface area contributed by atoms with Crippen LogP contribution in [0.25, 0.3) is 0 Å². The topological polar surface area (TPSA) is 29.5 Å². The SMILES string of the molecule is O=C1CCCC1CN1CCOc2ccccc2C1. The van der Waals surface area contributed by atoms with Crippen molar-refractivity contribution in [3.8, 4) is 5.75 Å². The van der Waals surface area contributed by atoms with Crippen LogP contribution in [-0.4, -0.2) is 30.4 Å². The van der Waals surface area contributed by atoms with Gasteiger partial charge in [-0.3, -0.25) is 9.69 Å². The van der Waals surface area contributed by atoms with Gasteiger partial charge in [-0.25, -0.2) is 0 Å². The number of ether oxygens (including phenoxy) is 1. The molecule has 3 heteroatoms. The molecule has 1 unspecified atom stereocenters. The lowest BCUT2D eigenvalue weighted by Crippen LogP contribution is -2.32. The highest BCUT2D eigenvalue weighted by Gasteiger charge is 2.27. The van der Waals surface area contributed by atoms with Gasteiger partial charge in [-0.15, -0.1) is 0 Å². The van der Waals surface area contributed by atoms with E-state index in [9.17, 15) is 4.79 Å². The van der Waals surface area contributed by atoms with Gasteiger partial charge in [0.2, 0.25) is 0 Å². The van der Waals surface area contributed by atoms with Gasteiger partial charge in [0.1, 0.15) is 18.1 Å². The number of benzene rings is 1. The molecule has 18 heavy (non-hydrogen) atoms. The third kappa shape index (κ3) is 2.41. The second-order valence-electron chi connectivity index (χ2n) is 5.25. The maximum absolute atomic E-state index is 11.7. The van der Waals surface area contributed by atoms with E-state index in [1.54, 1.807) is 0 Å². The van der Waals surface area contributed by atoms with Crippen molar-refractivity contribution in [3.63, 3.8) is 0 Å². The van der Waals surface area contributed by atoms with E-state index < -0.39 is 0 Å². The minimum Gasteiger partial charge on any atom is -0.492 e. The molecule has 1 aliphatic heterocycles. The van der Waals surface area contributed by atoms with Crippen LogP contribution in [0, 0.1) is 5.92 Å². The lowest BCUT2D eigenvalue weighted by Gasteiger charge is -2.22. The van der Waals surface area contributed by atoms with Crippen molar-refractivity contribution in [2.75, 3.05) is 19.7 Å². The van der Waals surface area contributed by atoms with E-state index in [2.05, 4.69) is 11.0 Å². The summed E-state index contributed by atoms with van der Waals surface area (Å²) in [5, 5.41) is 0. The zero-order valence-electron chi connectivity index (χ0n) is 10.6. The molecule has 1 atom stereocenters. The summed E-state index contributed by atoms with van der Waals surface area (Å²) < 4.78 is 5.74. The number of para-hydroxylation sites is 1. The van der Waals surface area contributed by atoms with Crippen molar-refractivity contribution in [2.45, 2.75) is 25.8 Å². The van der Waals surface area contributed by atoms with Gasteiger partial charge < -0.3 is 4.74 Å². The average molecular weight is 245 g/mol. The monoisotopic (exact) mass is 245 g/mol. The van der Waals surface area contributed by atoms with Crippen molar-refractivity contribution < 1.29 is 9.53 Å². The van der Waals surface area contributed by atoms with Gasteiger partial charge in [0, 0.05) is 37.5 Å².